The topological polar surface area (TPSA) is 80.2 Å². The van der Waals surface area contributed by atoms with E-state index in [1.165, 1.54) is 11.3 Å². The van der Waals surface area contributed by atoms with Gasteiger partial charge in [0.15, 0.2) is 15.0 Å². The highest BCUT2D eigenvalue weighted by molar-refractivity contribution is 7.91. The number of aryl methyl sites for hydroxylation is 2. The van der Waals surface area contributed by atoms with Gasteiger partial charge in [0.25, 0.3) is 0 Å². The molecule has 8 heteroatoms. The number of hydrogen-bond acceptors (Lipinski definition) is 6. The number of hydrogen-bond donors (Lipinski definition) is 0. The van der Waals surface area contributed by atoms with Gasteiger partial charge in [0, 0.05) is 18.8 Å². The Kier molecular flexibility index (Phi) is 6.85. The van der Waals surface area contributed by atoms with Crippen LogP contribution >= 0.6 is 11.3 Å². The largest absolute Gasteiger partial charge is 0.284 e. The summed E-state index contributed by atoms with van der Waals surface area (Å²) in [5, 5.41) is 0.610. The van der Waals surface area contributed by atoms with Crippen molar-refractivity contribution in [2.24, 2.45) is 0 Å². The van der Waals surface area contributed by atoms with Gasteiger partial charge in [-0.1, -0.05) is 41.7 Å². The molecule has 4 aromatic rings. The summed E-state index contributed by atoms with van der Waals surface area (Å²) in [4.78, 5) is 24.1. The van der Waals surface area contributed by atoms with E-state index in [0.717, 1.165) is 26.9 Å². The molecule has 0 atom stereocenters. The highest BCUT2D eigenvalue weighted by atomic mass is 32.2. The molecule has 2 heterocycles. The second-order valence-electron chi connectivity index (χ2n) is 8.00. The highest BCUT2D eigenvalue weighted by Gasteiger charge is 2.22. The predicted octanol–water partition coefficient (Wildman–Crippen LogP) is 5.10. The van der Waals surface area contributed by atoms with Crippen molar-refractivity contribution in [2.45, 2.75) is 38.1 Å². The first-order chi connectivity index (χ1) is 15.8. The van der Waals surface area contributed by atoms with E-state index in [1.807, 2.05) is 32.0 Å². The fourth-order valence-electron chi connectivity index (χ4n) is 3.71. The fourth-order valence-corrected chi connectivity index (χ4v) is 6.08. The average Bonchev–Trinajstić information content (AvgIpc) is 3.22. The van der Waals surface area contributed by atoms with Crippen LogP contribution in [0.25, 0.3) is 10.2 Å². The summed E-state index contributed by atoms with van der Waals surface area (Å²) in [6.45, 7) is 4.40. The second kappa shape index (κ2) is 9.80. The summed E-state index contributed by atoms with van der Waals surface area (Å²) in [6.07, 6.45) is 3.76. The molecule has 0 unspecified atom stereocenters. The summed E-state index contributed by atoms with van der Waals surface area (Å²) < 4.78 is 26.2. The van der Waals surface area contributed by atoms with Gasteiger partial charge in [-0.2, -0.15) is 0 Å². The Morgan fingerprint density at radius 2 is 1.85 bits per heavy atom. The average molecular weight is 480 g/mol. The summed E-state index contributed by atoms with van der Waals surface area (Å²) in [5.74, 6) is -0.239. The van der Waals surface area contributed by atoms with Crippen LogP contribution in [0.5, 0.6) is 0 Å². The van der Waals surface area contributed by atoms with Gasteiger partial charge in [0.1, 0.15) is 0 Å². The molecule has 0 aliphatic heterocycles. The fraction of sp³-hybridized carbons (Fsp3) is 0.240. The van der Waals surface area contributed by atoms with Crippen LogP contribution in [0.4, 0.5) is 5.13 Å². The molecule has 2 aromatic carbocycles. The monoisotopic (exact) mass is 479 g/mol. The Balaban J connectivity index is 1.56. The molecule has 0 aliphatic carbocycles. The maximum absolute atomic E-state index is 13.3. The molecule has 0 radical (unpaired) electrons. The smallest absolute Gasteiger partial charge is 0.229 e. The lowest BCUT2D eigenvalue weighted by Crippen LogP contribution is -2.30. The van der Waals surface area contributed by atoms with Crippen LogP contribution in [0.15, 0.2) is 71.9 Å². The van der Waals surface area contributed by atoms with Crippen molar-refractivity contribution in [1.82, 2.24) is 9.97 Å². The zero-order valence-corrected chi connectivity index (χ0v) is 20.2. The summed E-state index contributed by atoms with van der Waals surface area (Å²) in [5.41, 5.74) is 3.99. The van der Waals surface area contributed by atoms with E-state index in [4.69, 9.17) is 4.98 Å². The third-order valence-electron chi connectivity index (χ3n) is 5.31. The van der Waals surface area contributed by atoms with E-state index in [9.17, 15) is 13.2 Å². The number of rotatable bonds is 8. The molecule has 4 rings (SSSR count). The number of benzene rings is 2. The molecular formula is C25H25N3O3S2. The van der Waals surface area contributed by atoms with Crippen LogP contribution in [-0.4, -0.2) is 30.0 Å². The number of carbonyl (C=O) groups excluding carboxylic acids is 1. The lowest BCUT2D eigenvalue weighted by Gasteiger charge is -2.20. The Bertz CT molecular complexity index is 1370. The van der Waals surface area contributed by atoms with Crippen LogP contribution in [-0.2, 0) is 21.2 Å². The first-order valence-corrected chi connectivity index (χ1v) is 13.2. The Morgan fingerprint density at radius 3 is 2.58 bits per heavy atom. The number of amides is 1. The number of carbonyl (C=O) groups is 1. The molecule has 0 saturated carbocycles. The van der Waals surface area contributed by atoms with Crippen LogP contribution in [0, 0.1) is 13.8 Å². The lowest BCUT2D eigenvalue weighted by molar-refractivity contribution is -0.118. The van der Waals surface area contributed by atoms with Gasteiger partial charge in [-0.15, -0.1) is 0 Å². The van der Waals surface area contributed by atoms with Gasteiger partial charge in [-0.25, -0.2) is 13.4 Å². The number of nitrogens with zero attached hydrogens (tertiary/aromatic N) is 3. The highest BCUT2D eigenvalue weighted by Crippen LogP contribution is 2.33. The SMILES string of the molecule is Cc1cc(C)c2sc(N(Cc3cccnc3)C(=O)CCCS(=O)(=O)c3ccccc3)nc2c1. The van der Waals surface area contributed by atoms with E-state index in [2.05, 4.69) is 11.1 Å². The summed E-state index contributed by atoms with van der Waals surface area (Å²) >= 11 is 1.48. The quantitative estimate of drug-likeness (QED) is 0.351. The Morgan fingerprint density at radius 1 is 1.06 bits per heavy atom. The van der Waals surface area contributed by atoms with Gasteiger partial charge in [-0.05, 0) is 61.2 Å². The third-order valence-corrected chi connectivity index (χ3v) is 8.36. The van der Waals surface area contributed by atoms with Gasteiger partial charge < -0.3 is 0 Å². The normalized spacial score (nSPS) is 11.6. The van der Waals surface area contributed by atoms with E-state index < -0.39 is 9.84 Å². The minimum atomic E-state index is -3.43. The predicted molar refractivity (Wildman–Crippen MR) is 132 cm³/mol. The molecular weight excluding hydrogens is 454 g/mol. The second-order valence-corrected chi connectivity index (χ2v) is 11.1. The van der Waals surface area contributed by atoms with Crippen molar-refractivity contribution in [1.29, 1.82) is 0 Å². The number of fused-ring (bicyclic) bond motifs is 1. The van der Waals surface area contributed by atoms with E-state index in [-0.39, 0.29) is 29.4 Å². The number of thiazole rings is 1. The number of anilines is 1. The molecule has 1 amide bonds. The molecule has 2 aromatic heterocycles. The third kappa shape index (κ3) is 5.46. The van der Waals surface area contributed by atoms with Crippen molar-refractivity contribution in [3.63, 3.8) is 0 Å². The molecule has 0 saturated heterocycles. The lowest BCUT2D eigenvalue weighted by atomic mass is 10.1. The number of sulfone groups is 1. The van der Waals surface area contributed by atoms with Crippen LogP contribution in [0.3, 0.4) is 0 Å². The molecule has 0 aliphatic rings. The minimum Gasteiger partial charge on any atom is -0.284 e. The minimum absolute atomic E-state index is 0.0817. The standard InChI is InChI=1S/C25H25N3O3S2/c1-18-14-19(2)24-22(15-18)27-25(32-24)28(17-20-8-6-12-26-16-20)23(29)11-7-13-33(30,31)21-9-4-3-5-10-21/h3-6,8-10,12,14-16H,7,11,13,17H2,1-2H3. The van der Waals surface area contributed by atoms with Crippen LogP contribution in [0.1, 0.15) is 29.5 Å². The Hall–Kier alpha value is -3.10. The molecule has 6 nitrogen and oxygen atoms in total. The van der Waals surface area contributed by atoms with Crippen molar-refractivity contribution in [3.8, 4) is 0 Å². The van der Waals surface area contributed by atoms with Crippen molar-refractivity contribution in [3.05, 3.63) is 83.7 Å². The van der Waals surface area contributed by atoms with E-state index in [0.29, 0.717) is 11.7 Å². The van der Waals surface area contributed by atoms with Gasteiger partial charge in [0.05, 0.1) is 27.4 Å². The maximum atomic E-state index is 13.3. The first kappa shape index (κ1) is 23.1. The van der Waals surface area contributed by atoms with Crippen molar-refractivity contribution in [2.75, 3.05) is 10.7 Å². The summed E-state index contributed by atoms with van der Waals surface area (Å²) in [6, 6.07) is 16.2. The van der Waals surface area contributed by atoms with E-state index >= 15 is 0 Å². The van der Waals surface area contributed by atoms with Gasteiger partial charge in [0.2, 0.25) is 5.91 Å². The van der Waals surface area contributed by atoms with Crippen LogP contribution < -0.4 is 4.90 Å². The number of pyridine rings is 1. The molecule has 0 bridgehead atoms. The number of aromatic nitrogens is 2. The van der Waals surface area contributed by atoms with Crippen LogP contribution in [0.2, 0.25) is 0 Å². The molecule has 170 valence electrons. The summed E-state index contributed by atoms with van der Waals surface area (Å²) in [7, 11) is -3.43. The molecule has 0 spiro atoms. The zero-order chi connectivity index (χ0) is 23.4. The Labute approximate surface area is 197 Å². The van der Waals surface area contributed by atoms with Gasteiger partial charge >= 0.3 is 0 Å². The molecule has 0 N–H and O–H groups in total. The molecule has 0 fully saturated rings. The first-order valence-electron chi connectivity index (χ1n) is 10.7. The van der Waals surface area contributed by atoms with Crippen molar-refractivity contribution >= 4 is 42.4 Å². The zero-order valence-electron chi connectivity index (χ0n) is 18.6. The molecule has 33 heavy (non-hydrogen) atoms. The van der Waals surface area contributed by atoms with E-state index in [1.54, 1.807) is 47.6 Å². The maximum Gasteiger partial charge on any atom is 0.229 e. The van der Waals surface area contributed by atoms with Gasteiger partial charge in [-0.3, -0.25) is 14.7 Å². The van der Waals surface area contributed by atoms with Crippen molar-refractivity contribution < 1.29 is 13.2 Å².